The molecule has 3 heterocycles. The fourth-order valence-corrected chi connectivity index (χ4v) is 4.38. The van der Waals surface area contributed by atoms with E-state index in [-0.39, 0.29) is 0 Å². The number of pyridine rings is 1. The molecule has 4 aromatic rings. The molecule has 154 valence electrons. The van der Waals surface area contributed by atoms with Gasteiger partial charge in [-0.2, -0.15) is 0 Å². The zero-order valence-electron chi connectivity index (χ0n) is 17.4. The number of benzene rings is 2. The highest BCUT2D eigenvalue weighted by atomic mass is 16.5. The fourth-order valence-electron chi connectivity index (χ4n) is 4.38. The molecule has 0 amide bonds. The summed E-state index contributed by atoms with van der Waals surface area (Å²) in [4.78, 5) is 9.66. The van der Waals surface area contributed by atoms with Gasteiger partial charge in [-0.1, -0.05) is 30.3 Å². The number of nitrogens with zero attached hydrogens (tertiary/aromatic N) is 3. The standard InChI is InChI=1S/C25H27N3O2/c1-2-30-20-9-7-18(8-10-20)15-24-27-23-16-26-22-6-4-3-5-21(22)25(23)28(24)17-19-11-13-29-14-12-19/h3-10,16,19H,2,11-15,17H2,1H3. The fraction of sp³-hybridized carbons (Fsp3) is 0.360. The van der Waals surface area contributed by atoms with Crippen LogP contribution in [0, 0.1) is 5.92 Å². The quantitative estimate of drug-likeness (QED) is 0.456. The van der Waals surface area contributed by atoms with E-state index in [1.165, 1.54) is 16.5 Å². The van der Waals surface area contributed by atoms with Crippen LogP contribution in [0.3, 0.4) is 0 Å². The van der Waals surface area contributed by atoms with E-state index >= 15 is 0 Å². The van der Waals surface area contributed by atoms with Gasteiger partial charge < -0.3 is 14.0 Å². The summed E-state index contributed by atoms with van der Waals surface area (Å²) in [5, 5.41) is 1.17. The van der Waals surface area contributed by atoms with E-state index < -0.39 is 0 Å². The molecule has 0 saturated carbocycles. The molecule has 0 radical (unpaired) electrons. The summed E-state index contributed by atoms with van der Waals surface area (Å²) in [6, 6.07) is 16.7. The Morgan fingerprint density at radius 1 is 1.03 bits per heavy atom. The Morgan fingerprint density at radius 3 is 2.63 bits per heavy atom. The van der Waals surface area contributed by atoms with E-state index in [0.29, 0.717) is 12.5 Å². The van der Waals surface area contributed by atoms with Crippen LogP contribution in [0.5, 0.6) is 5.75 Å². The van der Waals surface area contributed by atoms with Gasteiger partial charge in [0.05, 0.1) is 23.8 Å². The lowest BCUT2D eigenvalue weighted by atomic mass is 10.00. The summed E-state index contributed by atoms with van der Waals surface area (Å²) in [7, 11) is 0. The van der Waals surface area contributed by atoms with E-state index in [1.54, 1.807) is 0 Å². The molecular weight excluding hydrogens is 374 g/mol. The van der Waals surface area contributed by atoms with E-state index in [4.69, 9.17) is 14.5 Å². The van der Waals surface area contributed by atoms with E-state index in [0.717, 1.165) is 61.6 Å². The first kappa shape index (κ1) is 19.1. The van der Waals surface area contributed by atoms with Crippen LogP contribution in [0.2, 0.25) is 0 Å². The average Bonchev–Trinajstić information content (AvgIpc) is 3.13. The molecule has 0 aliphatic carbocycles. The minimum atomic E-state index is 0.613. The van der Waals surface area contributed by atoms with Crippen molar-refractivity contribution in [3.63, 3.8) is 0 Å². The molecular formula is C25H27N3O2. The van der Waals surface area contributed by atoms with Gasteiger partial charge in [0.15, 0.2) is 0 Å². The molecule has 1 fully saturated rings. The number of rotatable bonds is 6. The van der Waals surface area contributed by atoms with Crippen molar-refractivity contribution in [1.82, 2.24) is 14.5 Å². The second-order valence-corrected chi connectivity index (χ2v) is 7.96. The van der Waals surface area contributed by atoms with Gasteiger partial charge in [-0.15, -0.1) is 0 Å². The lowest BCUT2D eigenvalue weighted by Gasteiger charge is -2.24. The zero-order valence-corrected chi connectivity index (χ0v) is 17.4. The molecule has 0 unspecified atom stereocenters. The Kier molecular flexibility index (Phi) is 5.37. The summed E-state index contributed by atoms with van der Waals surface area (Å²) >= 11 is 0. The molecule has 5 nitrogen and oxygen atoms in total. The Morgan fingerprint density at radius 2 is 1.83 bits per heavy atom. The monoisotopic (exact) mass is 401 g/mol. The average molecular weight is 402 g/mol. The van der Waals surface area contributed by atoms with Crippen LogP contribution in [0.15, 0.2) is 54.7 Å². The van der Waals surface area contributed by atoms with E-state index in [2.05, 4.69) is 39.9 Å². The van der Waals surface area contributed by atoms with E-state index in [9.17, 15) is 0 Å². The van der Waals surface area contributed by atoms with Crippen LogP contribution in [0.25, 0.3) is 21.9 Å². The summed E-state index contributed by atoms with van der Waals surface area (Å²) in [6.07, 6.45) is 4.91. The highest BCUT2D eigenvalue weighted by Gasteiger charge is 2.20. The van der Waals surface area contributed by atoms with Gasteiger partial charge in [0.2, 0.25) is 0 Å². The van der Waals surface area contributed by atoms with Crippen molar-refractivity contribution in [2.75, 3.05) is 19.8 Å². The minimum Gasteiger partial charge on any atom is -0.494 e. The van der Waals surface area contributed by atoms with Crippen molar-refractivity contribution in [3.05, 3.63) is 66.1 Å². The molecule has 2 aromatic carbocycles. The Bertz CT molecular complexity index is 1140. The molecule has 0 bridgehead atoms. The van der Waals surface area contributed by atoms with Crippen molar-refractivity contribution in [1.29, 1.82) is 0 Å². The number of hydrogen-bond donors (Lipinski definition) is 0. The van der Waals surface area contributed by atoms with Gasteiger partial charge in [-0.25, -0.2) is 4.98 Å². The molecule has 2 aromatic heterocycles. The summed E-state index contributed by atoms with van der Waals surface area (Å²) in [5.41, 5.74) is 4.43. The maximum absolute atomic E-state index is 5.59. The molecule has 0 N–H and O–H groups in total. The molecule has 1 aliphatic rings. The first-order chi connectivity index (χ1) is 14.8. The predicted molar refractivity (Wildman–Crippen MR) is 119 cm³/mol. The lowest BCUT2D eigenvalue weighted by molar-refractivity contribution is 0.0614. The molecule has 1 saturated heterocycles. The first-order valence-electron chi connectivity index (χ1n) is 10.8. The van der Waals surface area contributed by atoms with Gasteiger partial charge in [0, 0.05) is 31.6 Å². The van der Waals surface area contributed by atoms with Gasteiger partial charge in [-0.05, 0) is 49.4 Å². The molecule has 0 spiro atoms. The van der Waals surface area contributed by atoms with Crippen molar-refractivity contribution < 1.29 is 9.47 Å². The van der Waals surface area contributed by atoms with Gasteiger partial charge in [-0.3, -0.25) is 4.98 Å². The predicted octanol–water partition coefficient (Wildman–Crippen LogP) is 5.00. The second kappa shape index (κ2) is 8.44. The third-order valence-corrected chi connectivity index (χ3v) is 5.94. The maximum Gasteiger partial charge on any atom is 0.119 e. The Balaban J connectivity index is 1.57. The van der Waals surface area contributed by atoms with Crippen molar-refractivity contribution in [2.45, 2.75) is 32.7 Å². The molecule has 5 heteroatoms. The molecule has 0 atom stereocenters. The van der Waals surface area contributed by atoms with Crippen LogP contribution in [-0.2, 0) is 17.7 Å². The van der Waals surface area contributed by atoms with Crippen LogP contribution in [0.4, 0.5) is 0 Å². The third-order valence-electron chi connectivity index (χ3n) is 5.94. The highest BCUT2D eigenvalue weighted by molar-refractivity contribution is 6.02. The molecule has 30 heavy (non-hydrogen) atoms. The van der Waals surface area contributed by atoms with Gasteiger partial charge >= 0.3 is 0 Å². The number of aromatic nitrogens is 3. The van der Waals surface area contributed by atoms with Crippen molar-refractivity contribution in [2.24, 2.45) is 5.92 Å². The van der Waals surface area contributed by atoms with Crippen molar-refractivity contribution in [3.8, 4) is 5.75 Å². The lowest BCUT2D eigenvalue weighted by Crippen LogP contribution is -2.21. The van der Waals surface area contributed by atoms with Crippen LogP contribution >= 0.6 is 0 Å². The number of para-hydroxylation sites is 1. The van der Waals surface area contributed by atoms with Crippen LogP contribution < -0.4 is 4.74 Å². The first-order valence-corrected chi connectivity index (χ1v) is 10.8. The third kappa shape index (κ3) is 3.77. The zero-order chi connectivity index (χ0) is 20.3. The second-order valence-electron chi connectivity index (χ2n) is 7.96. The summed E-state index contributed by atoms with van der Waals surface area (Å²) in [5.74, 6) is 2.62. The Hall–Kier alpha value is -2.92. The minimum absolute atomic E-state index is 0.613. The molecule has 5 rings (SSSR count). The summed E-state index contributed by atoms with van der Waals surface area (Å²) < 4.78 is 13.6. The molecule has 1 aliphatic heterocycles. The smallest absolute Gasteiger partial charge is 0.119 e. The van der Waals surface area contributed by atoms with E-state index in [1.807, 2.05) is 31.3 Å². The number of ether oxygens (including phenoxy) is 2. The number of hydrogen-bond acceptors (Lipinski definition) is 4. The topological polar surface area (TPSA) is 49.2 Å². The van der Waals surface area contributed by atoms with Crippen LogP contribution in [0.1, 0.15) is 31.2 Å². The largest absolute Gasteiger partial charge is 0.494 e. The number of imidazole rings is 1. The Labute approximate surface area is 176 Å². The normalized spacial score (nSPS) is 15.1. The van der Waals surface area contributed by atoms with Crippen molar-refractivity contribution >= 4 is 21.9 Å². The highest BCUT2D eigenvalue weighted by Crippen LogP contribution is 2.28. The van der Waals surface area contributed by atoms with Crippen LogP contribution in [-0.4, -0.2) is 34.4 Å². The number of fused-ring (bicyclic) bond motifs is 3. The van der Waals surface area contributed by atoms with Gasteiger partial charge in [0.1, 0.15) is 17.1 Å². The maximum atomic E-state index is 5.59. The summed E-state index contributed by atoms with van der Waals surface area (Å²) in [6.45, 7) is 5.37. The SMILES string of the molecule is CCOc1ccc(Cc2nc3cnc4ccccc4c3n2CC2CCOCC2)cc1. The van der Waals surface area contributed by atoms with Gasteiger partial charge in [0.25, 0.3) is 0 Å².